The molecule has 1 saturated carbocycles. The number of aliphatic hydroxyl groups is 1. The molecule has 2 aliphatic rings. The van der Waals surface area contributed by atoms with Crippen molar-refractivity contribution in [2.75, 3.05) is 39.0 Å². The van der Waals surface area contributed by atoms with Crippen LogP contribution in [0.25, 0.3) is 0 Å². The van der Waals surface area contributed by atoms with Crippen LogP contribution < -0.4 is 10.6 Å². The molecule has 0 amide bonds. The molecule has 8 heteroatoms. The summed E-state index contributed by atoms with van der Waals surface area (Å²) in [6, 6.07) is 4.90. The average Bonchev–Trinajstić information content (AvgIpc) is 3.21. The quantitative estimate of drug-likeness (QED) is 0.259. The molecule has 1 aromatic heterocycles. The number of rotatable bonds is 8. The standard InChI is InChI=1S/C21H36N4OS2.HI/c1-4-22-20(24-15-21(26)11-10-18(21)27-5-2)23-14-16-8-6-12-25(3)19(16)17-9-7-13-28-17;/h7,9,13,16,18-19,26H,4-6,8,10-12,14-15H2,1-3H3,(H2,22,23,24);1H. The van der Waals surface area contributed by atoms with Gasteiger partial charge in [-0.25, -0.2) is 0 Å². The van der Waals surface area contributed by atoms with Crippen molar-refractivity contribution >= 4 is 53.0 Å². The van der Waals surface area contributed by atoms with Crippen LogP contribution in [0.2, 0.25) is 0 Å². The number of hydrogen-bond acceptors (Lipinski definition) is 5. The van der Waals surface area contributed by atoms with Crippen molar-refractivity contribution in [1.29, 1.82) is 0 Å². The van der Waals surface area contributed by atoms with Crippen LogP contribution in [0, 0.1) is 5.92 Å². The molecular formula is C21H37IN4OS2. The zero-order chi connectivity index (χ0) is 20.0. The molecule has 4 unspecified atom stereocenters. The van der Waals surface area contributed by atoms with Gasteiger partial charge in [0.25, 0.3) is 0 Å². The number of thioether (sulfide) groups is 1. The molecule has 2 fully saturated rings. The van der Waals surface area contributed by atoms with Gasteiger partial charge in [0.1, 0.15) is 0 Å². The summed E-state index contributed by atoms with van der Waals surface area (Å²) in [5.41, 5.74) is -0.631. The molecule has 166 valence electrons. The molecule has 3 rings (SSSR count). The highest BCUT2D eigenvalue weighted by atomic mass is 127. The van der Waals surface area contributed by atoms with E-state index in [-0.39, 0.29) is 24.0 Å². The Morgan fingerprint density at radius 2 is 2.21 bits per heavy atom. The third kappa shape index (κ3) is 6.48. The maximum atomic E-state index is 10.8. The van der Waals surface area contributed by atoms with E-state index in [0.29, 0.717) is 23.8 Å². The van der Waals surface area contributed by atoms with Gasteiger partial charge in [-0.05, 0) is 69.3 Å². The van der Waals surface area contributed by atoms with Gasteiger partial charge in [-0.3, -0.25) is 9.89 Å². The average molecular weight is 553 g/mol. The summed E-state index contributed by atoms with van der Waals surface area (Å²) in [6.07, 6.45) is 4.44. The van der Waals surface area contributed by atoms with E-state index in [9.17, 15) is 5.11 Å². The lowest BCUT2D eigenvalue weighted by Gasteiger charge is -2.44. The number of hydrogen-bond donors (Lipinski definition) is 3. The van der Waals surface area contributed by atoms with Gasteiger partial charge in [0.05, 0.1) is 12.1 Å². The molecule has 1 aliphatic carbocycles. The van der Waals surface area contributed by atoms with E-state index < -0.39 is 5.60 Å². The third-order valence-corrected chi connectivity index (χ3v) is 8.39. The van der Waals surface area contributed by atoms with Crippen molar-refractivity contribution < 1.29 is 5.11 Å². The van der Waals surface area contributed by atoms with Crippen LogP contribution in [0.1, 0.15) is 50.4 Å². The van der Waals surface area contributed by atoms with E-state index in [1.165, 1.54) is 17.7 Å². The number of guanidine groups is 1. The molecule has 1 aromatic rings. The minimum Gasteiger partial charge on any atom is -0.387 e. The highest BCUT2D eigenvalue weighted by Gasteiger charge is 2.45. The summed E-state index contributed by atoms with van der Waals surface area (Å²) >= 11 is 3.72. The molecule has 0 aromatic carbocycles. The van der Waals surface area contributed by atoms with E-state index in [1.54, 1.807) is 0 Å². The SMILES string of the molecule is CCNC(=NCC1(O)CCC1SCC)NCC1CCCN(C)C1c1cccs1.I. The zero-order valence-corrected chi connectivity index (χ0v) is 21.9. The highest BCUT2D eigenvalue weighted by Crippen LogP contribution is 2.41. The van der Waals surface area contributed by atoms with Gasteiger partial charge in [0.2, 0.25) is 0 Å². The van der Waals surface area contributed by atoms with Crippen molar-refractivity contribution in [3.8, 4) is 0 Å². The summed E-state index contributed by atoms with van der Waals surface area (Å²) in [6.45, 7) is 7.63. The summed E-state index contributed by atoms with van der Waals surface area (Å²) in [4.78, 5) is 8.70. The molecule has 5 nitrogen and oxygen atoms in total. The first kappa shape index (κ1) is 25.2. The second-order valence-electron chi connectivity index (χ2n) is 8.01. The normalized spacial score (nSPS) is 30.3. The molecule has 0 bridgehead atoms. The number of nitrogens with zero attached hydrogens (tertiary/aromatic N) is 2. The lowest BCUT2D eigenvalue weighted by Crippen LogP contribution is -2.53. The summed E-state index contributed by atoms with van der Waals surface area (Å²) in [5, 5.41) is 20.3. The molecule has 2 heterocycles. The number of nitrogens with one attached hydrogen (secondary N) is 2. The maximum Gasteiger partial charge on any atom is 0.191 e. The molecule has 3 N–H and O–H groups in total. The largest absolute Gasteiger partial charge is 0.387 e. The van der Waals surface area contributed by atoms with Gasteiger partial charge in [0, 0.05) is 29.3 Å². The first-order chi connectivity index (χ1) is 13.6. The Morgan fingerprint density at radius 1 is 1.38 bits per heavy atom. The predicted octanol–water partition coefficient (Wildman–Crippen LogP) is 3.95. The van der Waals surface area contributed by atoms with E-state index in [1.807, 2.05) is 23.1 Å². The van der Waals surface area contributed by atoms with Crippen LogP contribution in [0.3, 0.4) is 0 Å². The van der Waals surface area contributed by atoms with Crippen LogP contribution in [0.4, 0.5) is 0 Å². The summed E-state index contributed by atoms with van der Waals surface area (Å²) in [7, 11) is 2.24. The van der Waals surface area contributed by atoms with Gasteiger partial charge in [0.15, 0.2) is 5.96 Å². The highest BCUT2D eigenvalue weighted by molar-refractivity contribution is 14.0. The first-order valence-electron chi connectivity index (χ1n) is 10.7. The number of thiophene rings is 1. The van der Waals surface area contributed by atoms with E-state index in [4.69, 9.17) is 4.99 Å². The molecule has 29 heavy (non-hydrogen) atoms. The van der Waals surface area contributed by atoms with E-state index in [2.05, 4.69) is 53.9 Å². The molecule has 1 aliphatic heterocycles. The van der Waals surface area contributed by atoms with Gasteiger partial charge >= 0.3 is 0 Å². The van der Waals surface area contributed by atoms with Crippen LogP contribution in [0.5, 0.6) is 0 Å². The molecule has 1 saturated heterocycles. The lowest BCUT2D eigenvalue weighted by molar-refractivity contribution is -0.0154. The Balaban J connectivity index is 0.00000300. The second-order valence-corrected chi connectivity index (χ2v) is 10.5. The Labute approximate surface area is 201 Å². The van der Waals surface area contributed by atoms with Gasteiger partial charge in [-0.15, -0.1) is 35.3 Å². The van der Waals surface area contributed by atoms with Gasteiger partial charge in [-0.2, -0.15) is 11.8 Å². The fourth-order valence-electron chi connectivity index (χ4n) is 4.38. The lowest BCUT2D eigenvalue weighted by atomic mass is 9.79. The second kappa shape index (κ2) is 12.1. The molecule has 4 atom stereocenters. The fourth-order valence-corrected chi connectivity index (χ4v) is 6.56. The topological polar surface area (TPSA) is 59.9 Å². The summed E-state index contributed by atoms with van der Waals surface area (Å²) in [5.74, 6) is 2.45. The van der Waals surface area contributed by atoms with Crippen molar-refractivity contribution in [3.63, 3.8) is 0 Å². The molecule has 0 radical (unpaired) electrons. The molecular weight excluding hydrogens is 515 g/mol. The van der Waals surface area contributed by atoms with E-state index >= 15 is 0 Å². The van der Waals surface area contributed by atoms with E-state index in [0.717, 1.165) is 44.2 Å². The number of aliphatic imine (C=N–C) groups is 1. The Morgan fingerprint density at radius 3 is 2.83 bits per heavy atom. The summed E-state index contributed by atoms with van der Waals surface area (Å²) < 4.78 is 0. The Hall–Kier alpha value is -0.0300. The first-order valence-corrected chi connectivity index (χ1v) is 12.6. The smallest absolute Gasteiger partial charge is 0.191 e. The predicted molar refractivity (Wildman–Crippen MR) is 138 cm³/mol. The monoisotopic (exact) mass is 552 g/mol. The van der Waals surface area contributed by atoms with Crippen LogP contribution in [-0.2, 0) is 0 Å². The van der Waals surface area contributed by atoms with Crippen molar-refractivity contribution in [2.24, 2.45) is 10.9 Å². The minimum absolute atomic E-state index is 0. The van der Waals surface area contributed by atoms with Crippen molar-refractivity contribution in [2.45, 2.75) is 56.4 Å². The number of piperidine rings is 1. The van der Waals surface area contributed by atoms with Crippen LogP contribution in [0.15, 0.2) is 22.5 Å². The van der Waals surface area contributed by atoms with Gasteiger partial charge < -0.3 is 15.7 Å². The Bertz CT molecular complexity index is 630. The van der Waals surface area contributed by atoms with Crippen LogP contribution >= 0.6 is 47.1 Å². The van der Waals surface area contributed by atoms with Crippen molar-refractivity contribution in [1.82, 2.24) is 15.5 Å². The molecule has 0 spiro atoms. The minimum atomic E-state index is -0.631. The zero-order valence-electron chi connectivity index (χ0n) is 17.9. The van der Waals surface area contributed by atoms with Crippen molar-refractivity contribution in [3.05, 3.63) is 22.4 Å². The maximum absolute atomic E-state index is 10.8. The van der Waals surface area contributed by atoms with Crippen LogP contribution in [-0.4, -0.2) is 65.8 Å². The van der Waals surface area contributed by atoms with Gasteiger partial charge in [-0.1, -0.05) is 13.0 Å². The fraction of sp³-hybridized carbons (Fsp3) is 0.762. The Kier molecular flexibility index (Phi) is 10.5. The number of halogens is 1. The number of likely N-dealkylation sites (tertiary alicyclic amines) is 1. The third-order valence-electron chi connectivity index (χ3n) is 6.04.